The van der Waals surface area contributed by atoms with E-state index in [9.17, 15) is 9.90 Å². The van der Waals surface area contributed by atoms with Crippen molar-refractivity contribution in [1.29, 1.82) is 0 Å². The van der Waals surface area contributed by atoms with Gasteiger partial charge in [-0.15, -0.1) is 0 Å². The average molecular weight is 352 g/mol. The molecule has 0 radical (unpaired) electrons. The Hall–Kier alpha value is -1.59. The molecule has 0 amide bonds. The SMILES string of the molecule is CC(C)(C)c1cc(CCC(=O)O)cc(C(C)(C)C)c1OCC(O)CO. The maximum Gasteiger partial charge on any atom is 0.303 e. The minimum absolute atomic E-state index is 0.0110. The van der Waals surface area contributed by atoms with E-state index in [0.29, 0.717) is 12.2 Å². The van der Waals surface area contributed by atoms with Gasteiger partial charge in [-0.1, -0.05) is 53.7 Å². The molecule has 0 fully saturated rings. The third-order valence-electron chi connectivity index (χ3n) is 4.02. The molecule has 0 spiro atoms. The fourth-order valence-corrected chi connectivity index (χ4v) is 2.59. The van der Waals surface area contributed by atoms with E-state index >= 15 is 0 Å². The van der Waals surface area contributed by atoms with Crippen LogP contribution in [0.1, 0.15) is 64.7 Å². The van der Waals surface area contributed by atoms with Crippen molar-refractivity contribution in [3.8, 4) is 5.75 Å². The van der Waals surface area contributed by atoms with Gasteiger partial charge in [0.15, 0.2) is 0 Å². The van der Waals surface area contributed by atoms with Gasteiger partial charge in [-0.25, -0.2) is 0 Å². The topological polar surface area (TPSA) is 87.0 Å². The van der Waals surface area contributed by atoms with Crippen molar-refractivity contribution < 1.29 is 24.9 Å². The van der Waals surface area contributed by atoms with Gasteiger partial charge < -0.3 is 20.1 Å². The van der Waals surface area contributed by atoms with E-state index in [1.54, 1.807) is 0 Å². The summed E-state index contributed by atoms with van der Waals surface area (Å²) in [6.45, 7) is 12.1. The third kappa shape index (κ3) is 6.33. The van der Waals surface area contributed by atoms with Crippen LogP contribution in [0.15, 0.2) is 12.1 Å². The molecule has 1 rings (SSSR count). The lowest BCUT2D eigenvalue weighted by atomic mass is 9.78. The van der Waals surface area contributed by atoms with E-state index in [1.165, 1.54) is 0 Å². The fourth-order valence-electron chi connectivity index (χ4n) is 2.59. The number of carboxylic acids is 1. The van der Waals surface area contributed by atoms with Crippen LogP contribution < -0.4 is 4.74 Å². The molecule has 1 aromatic rings. The zero-order chi connectivity index (χ0) is 19.4. The molecule has 0 heterocycles. The third-order valence-corrected chi connectivity index (χ3v) is 4.02. The van der Waals surface area contributed by atoms with Crippen LogP contribution in [0.4, 0.5) is 0 Å². The molecular formula is C20H32O5. The number of rotatable bonds is 7. The summed E-state index contributed by atoms with van der Waals surface area (Å²) in [4.78, 5) is 10.9. The molecule has 5 heteroatoms. The van der Waals surface area contributed by atoms with Crippen LogP contribution in [-0.2, 0) is 22.0 Å². The van der Waals surface area contributed by atoms with Crippen molar-refractivity contribution in [1.82, 2.24) is 0 Å². The highest BCUT2D eigenvalue weighted by atomic mass is 16.5. The molecule has 0 aliphatic rings. The Balaban J connectivity index is 3.45. The van der Waals surface area contributed by atoms with Gasteiger partial charge in [0.2, 0.25) is 0 Å². The average Bonchev–Trinajstić information content (AvgIpc) is 2.48. The van der Waals surface area contributed by atoms with Crippen LogP contribution in [0.5, 0.6) is 5.75 Å². The Morgan fingerprint density at radius 1 is 1.08 bits per heavy atom. The second kappa shape index (κ2) is 8.19. The van der Waals surface area contributed by atoms with E-state index in [4.69, 9.17) is 14.9 Å². The first-order valence-electron chi connectivity index (χ1n) is 8.67. The van der Waals surface area contributed by atoms with Crippen molar-refractivity contribution in [3.63, 3.8) is 0 Å². The highest BCUT2D eigenvalue weighted by molar-refractivity contribution is 5.67. The summed E-state index contributed by atoms with van der Waals surface area (Å²) < 4.78 is 5.93. The lowest BCUT2D eigenvalue weighted by Crippen LogP contribution is -2.25. The summed E-state index contributed by atoms with van der Waals surface area (Å²) in [5.74, 6) is -0.104. The lowest BCUT2D eigenvalue weighted by molar-refractivity contribution is -0.136. The molecular weight excluding hydrogens is 320 g/mol. The highest BCUT2D eigenvalue weighted by Gasteiger charge is 2.28. The molecule has 1 atom stereocenters. The minimum Gasteiger partial charge on any atom is -0.490 e. The summed E-state index contributed by atoms with van der Waals surface area (Å²) in [6, 6.07) is 4.00. The van der Waals surface area contributed by atoms with Gasteiger partial charge in [0.05, 0.1) is 6.61 Å². The maximum absolute atomic E-state index is 10.9. The summed E-state index contributed by atoms with van der Waals surface area (Å²) in [5.41, 5.74) is 2.50. The van der Waals surface area contributed by atoms with Crippen molar-refractivity contribution in [2.24, 2.45) is 0 Å². The maximum atomic E-state index is 10.9. The van der Waals surface area contributed by atoms with Crippen molar-refractivity contribution in [2.45, 2.75) is 71.3 Å². The summed E-state index contributed by atoms with van der Waals surface area (Å²) in [5, 5.41) is 27.7. The predicted octanol–water partition coefficient (Wildman–Crippen LogP) is 3.03. The van der Waals surface area contributed by atoms with Crippen molar-refractivity contribution in [2.75, 3.05) is 13.2 Å². The molecule has 0 aliphatic heterocycles. The molecule has 0 aliphatic carbocycles. The second-order valence-corrected chi connectivity index (χ2v) is 8.56. The minimum atomic E-state index is -0.938. The number of aliphatic carboxylic acids is 1. The van der Waals surface area contributed by atoms with Gasteiger partial charge in [0.25, 0.3) is 0 Å². The molecule has 5 nitrogen and oxygen atoms in total. The van der Waals surface area contributed by atoms with Crippen LogP contribution in [0.25, 0.3) is 0 Å². The predicted molar refractivity (Wildman–Crippen MR) is 98.4 cm³/mol. The van der Waals surface area contributed by atoms with Crippen LogP contribution in [0.2, 0.25) is 0 Å². The number of aliphatic hydroxyl groups is 2. The second-order valence-electron chi connectivity index (χ2n) is 8.56. The van der Waals surface area contributed by atoms with Gasteiger partial charge >= 0.3 is 5.97 Å². The van der Waals surface area contributed by atoms with Crippen LogP contribution in [0, 0.1) is 0 Å². The number of carboxylic acid groups (broad SMARTS) is 1. The molecule has 0 saturated heterocycles. The standard InChI is InChI=1S/C20H32O5/c1-19(2,3)15-9-13(7-8-17(23)24)10-16(20(4,5)6)18(15)25-12-14(22)11-21/h9-10,14,21-22H,7-8,11-12H2,1-6H3,(H,23,24). The van der Waals surface area contributed by atoms with E-state index in [2.05, 4.69) is 41.5 Å². The first-order valence-corrected chi connectivity index (χ1v) is 8.67. The normalized spacial score (nSPS) is 13.6. The van der Waals surface area contributed by atoms with Crippen molar-refractivity contribution in [3.05, 3.63) is 28.8 Å². The van der Waals surface area contributed by atoms with Crippen molar-refractivity contribution >= 4 is 5.97 Å². The van der Waals surface area contributed by atoms with Gasteiger partial charge in [-0.3, -0.25) is 4.79 Å². The van der Waals surface area contributed by atoms with Gasteiger partial charge in [-0.2, -0.15) is 0 Å². The number of benzene rings is 1. The van der Waals surface area contributed by atoms with Gasteiger partial charge in [-0.05, 0) is 22.8 Å². The molecule has 1 unspecified atom stereocenters. The number of ether oxygens (including phenoxy) is 1. The number of aliphatic hydroxyl groups excluding tert-OH is 2. The Morgan fingerprint density at radius 3 is 1.92 bits per heavy atom. The Kier molecular flexibility index (Phi) is 7.03. The van der Waals surface area contributed by atoms with Gasteiger partial charge in [0.1, 0.15) is 18.5 Å². The lowest BCUT2D eigenvalue weighted by Gasteiger charge is -2.31. The fraction of sp³-hybridized carbons (Fsp3) is 0.650. The quantitative estimate of drug-likeness (QED) is 0.702. The van der Waals surface area contributed by atoms with Crippen LogP contribution >= 0.6 is 0 Å². The highest BCUT2D eigenvalue weighted by Crippen LogP contribution is 2.41. The number of carbonyl (C=O) groups is 1. The van der Waals surface area contributed by atoms with E-state index in [0.717, 1.165) is 16.7 Å². The summed E-state index contributed by atoms with van der Waals surface area (Å²) >= 11 is 0. The van der Waals surface area contributed by atoms with Gasteiger partial charge in [0, 0.05) is 17.5 Å². The molecule has 0 saturated carbocycles. The molecule has 0 bridgehead atoms. The molecule has 1 aromatic carbocycles. The van der Waals surface area contributed by atoms with E-state index < -0.39 is 12.1 Å². The molecule has 0 aromatic heterocycles. The summed E-state index contributed by atoms with van der Waals surface area (Å²) in [6.07, 6.45) is -0.398. The number of hydrogen-bond acceptors (Lipinski definition) is 4. The smallest absolute Gasteiger partial charge is 0.303 e. The Morgan fingerprint density at radius 2 is 1.56 bits per heavy atom. The largest absolute Gasteiger partial charge is 0.490 e. The number of aryl methyl sites for hydroxylation is 1. The van der Waals surface area contributed by atoms with E-state index in [-0.39, 0.29) is 30.5 Å². The zero-order valence-electron chi connectivity index (χ0n) is 16.2. The summed E-state index contributed by atoms with van der Waals surface area (Å²) in [7, 11) is 0. The molecule has 3 N–H and O–H groups in total. The molecule has 25 heavy (non-hydrogen) atoms. The first kappa shape index (κ1) is 21.5. The first-order chi connectivity index (χ1) is 11.4. The van der Waals surface area contributed by atoms with Crippen LogP contribution in [0.3, 0.4) is 0 Å². The zero-order valence-corrected chi connectivity index (χ0v) is 16.2. The molecule has 142 valence electrons. The monoisotopic (exact) mass is 352 g/mol. The number of hydrogen-bond donors (Lipinski definition) is 3. The van der Waals surface area contributed by atoms with E-state index in [1.807, 2.05) is 12.1 Å². The van der Waals surface area contributed by atoms with Crippen LogP contribution in [-0.4, -0.2) is 40.6 Å². The Labute approximate surface area is 150 Å². The Bertz CT molecular complexity index is 558.